The predicted molar refractivity (Wildman–Crippen MR) is 108 cm³/mol. The molecule has 0 bridgehead atoms. The highest BCUT2D eigenvalue weighted by Crippen LogP contribution is 2.38. The smallest absolute Gasteiger partial charge is 0.244 e. The van der Waals surface area contributed by atoms with Gasteiger partial charge in [0, 0.05) is 6.08 Å². The van der Waals surface area contributed by atoms with Crippen LogP contribution in [0.25, 0.3) is 6.08 Å². The molecule has 0 aliphatic carbocycles. The van der Waals surface area contributed by atoms with E-state index in [9.17, 15) is 4.79 Å². The van der Waals surface area contributed by atoms with Gasteiger partial charge in [-0.05, 0) is 48.2 Å². The van der Waals surface area contributed by atoms with E-state index >= 15 is 0 Å². The zero-order chi connectivity index (χ0) is 19.8. The molecule has 0 heterocycles. The van der Waals surface area contributed by atoms with Crippen molar-refractivity contribution in [3.05, 3.63) is 59.2 Å². The molecule has 1 N–H and O–H groups in total. The molecule has 0 fully saturated rings. The van der Waals surface area contributed by atoms with E-state index in [4.69, 9.17) is 14.2 Å². The molecular weight excluding hydrogens is 342 g/mol. The highest BCUT2D eigenvalue weighted by atomic mass is 16.5. The summed E-state index contributed by atoms with van der Waals surface area (Å²) in [5.41, 5.74) is 3.13. The van der Waals surface area contributed by atoms with Crippen LogP contribution in [-0.2, 0) is 11.2 Å². The van der Waals surface area contributed by atoms with Crippen LogP contribution >= 0.6 is 0 Å². The lowest BCUT2D eigenvalue weighted by Crippen LogP contribution is -2.24. The number of hydrogen-bond acceptors (Lipinski definition) is 4. The molecule has 0 saturated heterocycles. The highest BCUT2D eigenvalue weighted by molar-refractivity contribution is 5.92. The summed E-state index contributed by atoms with van der Waals surface area (Å²) in [6.07, 6.45) is 4.21. The zero-order valence-electron chi connectivity index (χ0n) is 16.5. The average Bonchev–Trinajstić information content (AvgIpc) is 2.71. The maximum atomic E-state index is 12.3. The van der Waals surface area contributed by atoms with Gasteiger partial charge < -0.3 is 19.5 Å². The summed E-state index contributed by atoms with van der Waals surface area (Å²) in [5, 5.41) is 2.97. The molecule has 0 saturated carbocycles. The van der Waals surface area contributed by atoms with Gasteiger partial charge >= 0.3 is 0 Å². The number of amides is 1. The summed E-state index contributed by atoms with van der Waals surface area (Å²) in [7, 11) is 4.67. The van der Waals surface area contributed by atoms with Crippen molar-refractivity contribution >= 4 is 12.0 Å². The Morgan fingerprint density at radius 1 is 1.04 bits per heavy atom. The van der Waals surface area contributed by atoms with Crippen molar-refractivity contribution in [1.29, 1.82) is 0 Å². The minimum absolute atomic E-state index is 0.0759. The van der Waals surface area contributed by atoms with Crippen molar-refractivity contribution in [2.45, 2.75) is 26.3 Å². The minimum atomic E-state index is -0.171. The van der Waals surface area contributed by atoms with Gasteiger partial charge in [0.05, 0.1) is 27.4 Å². The van der Waals surface area contributed by atoms with Crippen molar-refractivity contribution in [2.75, 3.05) is 21.3 Å². The lowest BCUT2D eigenvalue weighted by molar-refractivity contribution is -0.117. The van der Waals surface area contributed by atoms with Gasteiger partial charge in [0.15, 0.2) is 11.5 Å². The fourth-order valence-corrected chi connectivity index (χ4v) is 2.76. The maximum Gasteiger partial charge on any atom is 0.244 e. The second-order valence-electron chi connectivity index (χ2n) is 6.12. The van der Waals surface area contributed by atoms with E-state index in [-0.39, 0.29) is 11.9 Å². The fraction of sp³-hybridized carbons (Fsp3) is 0.318. The number of benzene rings is 2. The van der Waals surface area contributed by atoms with Gasteiger partial charge in [0.1, 0.15) is 0 Å². The molecule has 2 rings (SSSR count). The van der Waals surface area contributed by atoms with Crippen LogP contribution in [0, 0.1) is 0 Å². The minimum Gasteiger partial charge on any atom is -0.493 e. The van der Waals surface area contributed by atoms with Crippen LogP contribution in [0.3, 0.4) is 0 Å². The molecule has 27 heavy (non-hydrogen) atoms. The quantitative estimate of drug-likeness (QED) is 0.710. The summed E-state index contributed by atoms with van der Waals surface area (Å²) >= 11 is 0. The molecule has 0 aromatic heterocycles. The van der Waals surface area contributed by atoms with Crippen LogP contribution in [0.15, 0.2) is 42.5 Å². The van der Waals surface area contributed by atoms with Crippen LogP contribution in [0.5, 0.6) is 17.2 Å². The first kappa shape index (κ1) is 20.4. The third kappa shape index (κ3) is 5.26. The van der Waals surface area contributed by atoms with Gasteiger partial charge in [0.25, 0.3) is 0 Å². The number of carbonyl (C=O) groups is 1. The molecule has 1 unspecified atom stereocenters. The lowest BCUT2D eigenvalue weighted by Gasteiger charge is -2.14. The Labute approximate surface area is 161 Å². The molecule has 1 atom stereocenters. The maximum absolute atomic E-state index is 12.3. The van der Waals surface area contributed by atoms with Crippen molar-refractivity contribution in [2.24, 2.45) is 0 Å². The fourth-order valence-electron chi connectivity index (χ4n) is 2.76. The van der Waals surface area contributed by atoms with Crippen molar-refractivity contribution in [3.8, 4) is 17.2 Å². The van der Waals surface area contributed by atoms with Gasteiger partial charge in [-0.1, -0.05) is 31.2 Å². The van der Waals surface area contributed by atoms with Crippen LogP contribution < -0.4 is 19.5 Å². The summed E-state index contributed by atoms with van der Waals surface area (Å²) in [5.74, 6) is 1.43. The first-order chi connectivity index (χ1) is 13.0. The van der Waals surface area contributed by atoms with Gasteiger partial charge in [-0.3, -0.25) is 4.79 Å². The Kier molecular flexibility index (Phi) is 7.29. The molecule has 0 aliphatic rings. The number of nitrogens with one attached hydrogen (secondary N) is 1. The lowest BCUT2D eigenvalue weighted by atomic mass is 10.0. The van der Waals surface area contributed by atoms with Crippen molar-refractivity contribution < 1.29 is 19.0 Å². The third-order valence-corrected chi connectivity index (χ3v) is 4.36. The summed E-state index contributed by atoms with van der Waals surface area (Å²) in [4.78, 5) is 12.3. The Bertz CT molecular complexity index is 771. The van der Waals surface area contributed by atoms with E-state index in [1.165, 1.54) is 11.6 Å². The second-order valence-corrected chi connectivity index (χ2v) is 6.12. The van der Waals surface area contributed by atoms with Gasteiger partial charge in [-0.25, -0.2) is 0 Å². The average molecular weight is 369 g/mol. The third-order valence-electron chi connectivity index (χ3n) is 4.36. The van der Waals surface area contributed by atoms with Crippen LogP contribution in [-0.4, -0.2) is 27.2 Å². The molecule has 144 valence electrons. The first-order valence-electron chi connectivity index (χ1n) is 8.89. The van der Waals surface area contributed by atoms with Crippen molar-refractivity contribution in [3.63, 3.8) is 0 Å². The van der Waals surface area contributed by atoms with E-state index in [0.717, 1.165) is 17.5 Å². The van der Waals surface area contributed by atoms with Gasteiger partial charge in [0.2, 0.25) is 11.7 Å². The standard InChI is InChI=1S/C22H27NO4/c1-6-16-7-10-18(11-8-16)15(2)23-21(24)12-9-17-13-19(25-3)22(27-5)20(14-17)26-4/h7-15H,6H2,1-5H3,(H,23,24)/b12-9+. The molecule has 1 amide bonds. The first-order valence-corrected chi connectivity index (χ1v) is 8.89. The van der Waals surface area contributed by atoms with Crippen LogP contribution in [0.2, 0.25) is 0 Å². The zero-order valence-corrected chi connectivity index (χ0v) is 16.5. The van der Waals surface area contributed by atoms with E-state index in [2.05, 4.69) is 24.4 Å². The Balaban J connectivity index is 2.09. The summed E-state index contributed by atoms with van der Waals surface area (Å²) < 4.78 is 16.0. The summed E-state index contributed by atoms with van der Waals surface area (Å²) in [6.45, 7) is 4.08. The molecule has 5 nitrogen and oxygen atoms in total. The molecule has 2 aromatic carbocycles. The number of methoxy groups -OCH3 is 3. The monoisotopic (exact) mass is 369 g/mol. The number of rotatable bonds is 8. The number of aryl methyl sites for hydroxylation is 1. The predicted octanol–water partition coefficient (Wildman–Crippen LogP) is 4.17. The number of carbonyl (C=O) groups excluding carboxylic acids is 1. The van der Waals surface area contributed by atoms with Gasteiger partial charge in [-0.15, -0.1) is 0 Å². The molecular formula is C22H27NO4. The Morgan fingerprint density at radius 2 is 1.63 bits per heavy atom. The van der Waals surface area contributed by atoms with Crippen LogP contribution in [0.1, 0.15) is 36.6 Å². The van der Waals surface area contributed by atoms with Crippen molar-refractivity contribution in [1.82, 2.24) is 5.32 Å². The molecule has 0 radical (unpaired) electrons. The summed E-state index contributed by atoms with van der Waals surface area (Å²) in [6, 6.07) is 11.8. The SMILES string of the molecule is CCc1ccc(C(C)NC(=O)/C=C/c2cc(OC)c(OC)c(OC)c2)cc1. The topological polar surface area (TPSA) is 56.8 Å². The molecule has 2 aromatic rings. The van der Waals surface area contributed by atoms with E-state index < -0.39 is 0 Å². The van der Waals surface area contributed by atoms with E-state index in [0.29, 0.717) is 17.2 Å². The number of ether oxygens (including phenoxy) is 3. The van der Waals surface area contributed by atoms with Crippen LogP contribution in [0.4, 0.5) is 0 Å². The van der Waals surface area contributed by atoms with E-state index in [1.54, 1.807) is 39.5 Å². The Morgan fingerprint density at radius 3 is 2.11 bits per heavy atom. The highest BCUT2D eigenvalue weighted by Gasteiger charge is 2.12. The second kappa shape index (κ2) is 9.67. The molecule has 0 aliphatic heterocycles. The normalized spacial score (nSPS) is 11.9. The Hall–Kier alpha value is -2.95. The molecule has 5 heteroatoms. The van der Waals surface area contributed by atoms with E-state index in [1.807, 2.05) is 19.1 Å². The molecule has 0 spiro atoms. The van der Waals surface area contributed by atoms with Gasteiger partial charge in [-0.2, -0.15) is 0 Å². The largest absolute Gasteiger partial charge is 0.493 e. The number of hydrogen-bond donors (Lipinski definition) is 1.